The van der Waals surface area contributed by atoms with Crippen molar-refractivity contribution in [3.05, 3.63) is 17.8 Å². The molecule has 20 heavy (non-hydrogen) atoms. The summed E-state index contributed by atoms with van der Waals surface area (Å²) >= 11 is 0. The number of benzene rings is 1. The van der Waals surface area contributed by atoms with Crippen LogP contribution in [0.25, 0.3) is 10.9 Å². The molecule has 0 aliphatic heterocycles. The molecule has 1 heterocycles. The van der Waals surface area contributed by atoms with Gasteiger partial charge in [-0.05, 0) is 19.9 Å². The largest absolute Gasteiger partial charge is 0.493 e. The van der Waals surface area contributed by atoms with Crippen LogP contribution in [0.1, 0.15) is 12.6 Å². The zero-order valence-electron chi connectivity index (χ0n) is 12.5. The third kappa shape index (κ3) is 2.31. The zero-order valence-corrected chi connectivity index (χ0v) is 12.5. The highest BCUT2D eigenvalue weighted by atomic mass is 16.5. The van der Waals surface area contributed by atoms with Crippen molar-refractivity contribution in [1.29, 1.82) is 0 Å². The van der Waals surface area contributed by atoms with Crippen molar-refractivity contribution in [3.8, 4) is 17.2 Å². The molecule has 5 nitrogen and oxygen atoms in total. The van der Waals surface area contributed by atoms with E-state index in [9.17, 15) is 0 Å². The monoisotopic (exact) mass is 276 g/mol. The third-order valence-corrected chi connectivity index (χ3v) is 3.10. The van der Waals surface area contributed by atoms with Crippen molar-refractivity contribution < 1.29 is 14.2 Å². The van der Waals surface area contributed by atoms with Crippen LogP contribution in [-0.4, -0.2) is 32.9 Å². The second-order valence-corrected chi connectivity index (χ2v) is 4.38. The summed E-state index contributed by atoms with van der Waals surface area (Å²) in [6, 6.07) is 3.87. The number of anilines is 1. The maximum absolute atomic E-state index is 5.53. The molecule has 2 aromatic rings. The lowest BCUT2D eigenvalue weighted by molar-refractivity contribution is 0.327. The Kier molecular flexibility index (Phi) is 4.17. The quantitative estimate of drug-likeness (QED) is 0.909. The molecule has 1 N–H and O–H groups in total. The maximum atomic E-state index is 5.53. The van der Waals surface area contributed by atoms with Gasteiger partial charge in [-0.15, -0.1) is 0 Å². The second-order valence-electron chi connectivity index (χ2n) is 4.38. The van der Waals surface area contributed by atoms with Crippen LogP contribution < -0.4 is 19.5 Å². The van der Waals surface area contributed by atoms with Gasteiger partial charge in [0.1, 0.15) is 0 Å². The molecule has 0 saturated heterocycles. The Hall–Kier alpha value is -2.17. The van der Waals surface area contributed by atoms with Crippen LogP contribution in [0.4, 0.5) is 5.69 Å². The number of aryl methyl sites for hydroxylation is 1. The molecule has 1 aromatic carbocycles. The first-order chi connectivity index (χ1) is 9.65. The smallest absolute Gasteiger partial charge is 0.204 e. The summed E-state index contributed by atoms with van der Waals surface area (Å²) in [7, 11) is 4.82. The lowest BCUT2D eigenvalue weighted by atomic mass is 10.1. The van der Waals surface area contributed by atoms with Crippen LogP contribution in [-0.2, 0) is 0 Å². The Morgan fingerprint density at radius 3 is 2.30 bits per heavy atom. The Labute approximate surface area is 118 Å². The first-order valence-electron chi connectivity index (χ1n) is 6.50. The van der Waals surface area contributed by atoms with E-state index in [-0.39, 0.29) is 0 Å². The summed E-state index contributed by atoms with van der Waals surface area (Å²) in [5, 5.41) is 4.24. The van der Waals surface area contributed by atoms with Gasteiger partial charge in [0.2, 0.25) is 5.75 Å². The number of hydrogen-bond acceptors (Lipinski definition) is 5. The molecule has 0 bridgehead atoms. The summed E-state index contributed by atoms with van der Waals surface area (Å²) in [4.78, 5) is 4.56. The number of fused-ring (bicyclic) bond motifs is 1. The fourth-order valence-electron chi connectivity index (χ4n) is 2.32. The molecule has 0 aliphatic carbocycles. The van der Waals surface area contributed by atoms with Crippen molar-refractivity contribution in [2.24, 2.45) is 0 Å². The van der Waals surface area contributed by atoms with E-state index in [0.717, 1.165) is 28.8 Å². The number of rotatable bonds is 5. The molecule has 0 radical (unpaired) electrons. The molecule has 0 unspecified atom stereocenters. The Morgan fingerprint density at radius 2 is 1.75 bits per heavy atom. The molecule has 0 fully saturated rings. The van der Waals surface area contributed by atoms with Crippen LogP contribution >= 0.6 is 0 Å². The van der Waals surface area contributed by atoms with Gasteiger partial charge in [0.25, 0.3) is 0 Å². The summed E-state index contributed by atoms with van der Waals surface area (Å²) in [6.45, 7) is 4.83. The van der Waals surface area contributed by atoms with Crippen molar-refractivity contribution >= 4 is 16.6 Å². The lowest BCUT2D eigenvalue weighted by Gasteiger charge is -2.17. The highest BCUT2D eigenvalue weighted by Crippen LogP contribution is 2.45. The van der Waals surface area contributed by atoms with Gasteiger partial charge in [0.15, 0.2) is 11.5 Å². The van der Waals surface area contributed by atoms with E-state index in [1.807, 2.05) is 19.1 Å². The Balaban J connectivity index is 2.87. The summed E-state index contributed by atoms with van der Waals surface area (Å²) in [5.41, 5.74) is 2.73. The van der Waals surface area contributed by atoms with E-state index in [1.165, 1.54) is 0 Å². The minimum Gasteiger partial charge on any atom is -0.493 e. The van der Waals surface area contributed by atoms with Crippen LogP contribution in [0.15, 0.2) is 12.1 Å². The van der Waals surface area contributed by atoms with Gasteiger partial charge in [-0.3, -0.25) is 4.98 Å². The molecule has 0 atom stereocenters. The molecule has 1 aromatic heterocycles. The third-order valence-electron chi connectivity index (χ3n) is 3.10. The number of nitrogens with zero attached hydrogens (tertiary/aromatic N) is 1. The van der Waals surface area contributed by atoms with E-state index in [4.69, 9.17) is 14.2 Å². The molecule has 108 valence electrons. The number of nitrogens with one attached hydrogen (secondary N) is 1. The average molecular weight is 276 g/mol. The van der Waals surface area contributed by atoms with Crippen LogP contribution in [0.2, 0.25) is 0 Å². The summed E-state index contributed by atoms with van der Waals surface area (Å²) in [5.74, 6) is 1.81. The van der Waals surface area contributed by atoms with Gasteiger partial charge in [0, 0.05) is 24.0 Å². The number of ether oxygens (including phenoxy) is 3. The van der Waals surface area contributed by atoms with Crippen molar-refractivity contribution in [2.45, 2.75) is 13.8 Å². The van der Waals surface area contributed by atoms with Crippen LogP contribution in [0.5, 0.6) is 17.2 Å². The van der Waals surface area contributed by atoms with E-state index in [0.29, 0.717) is 17.2 Å². The van der Waals surface area contributed by atoms with Gasteiger partial charge >= 0.3 is 0 Å². The van der Waals surface area contributed by atoms with E-state index in [1.54, 1.807) is 21.3 Å². The number of aromatic nitrogens is 1. The molecule has 0 amide bonds. The number of pyridine rings is 1. The minimum atomic E-state index is 0.576. The van der Waals surface area contributed by atoms with Crippen LogP contribution in [0.3, 0.4) is 0 Å². The predicted molar refractivity (Wildman–Crippen MR) is 80.3 cm³/mol. The molecule has 0 aliphatic rings. The molecule has 0 saturated carbocycles. The van der Waals surface area contributed by atoms with E-state index in [2.05, 4.69) is 17.2 Å². The van der Waals surface area contributed by atoms with Gasteiger partial charge < -0.3 is 19.5 Å². The van der Waals surface area contributed by atoms with E-state index < -0.39 is 0 Å². The molecular weight excluding hydrogens is 256 g/mol. The minimum absolute atomic E-state index is 0.576. The van der Waals surface area contributed by atoms with Gasteiger partial charge in [0.05, 0.1) is 32.2 Å². The fourth-order valence-corrected chi connectivity index (χ4v) is 2.32. The second kappa shape index (κ2) is 5.86. The first kappa shape index (κ1) is 14.2. The van der Waals surface area contributed by atoms with Crippen molar-refractivity contribution in [2.75, 3.05) is 33.2 Å². The molecule has 2 rings (SSSR count). The number of methoxy groups -OCH3 is 3. The highest BCUT2D eigenvalue weighted by molar-refractivity contribution is 6.00. The topological polar surface area (TPSA) is 52.6 Å². The zero-order chi connectivity index (χ0) is 14.7. The fraction of sp³-hybridized carbons (Fsp3) is 0.400. The van der Waals surface area contributed by atoms with E-state index >= 15 is 0 Å². The van der Waals surface area contributed by atoms with Gasteiger partial charge in [-0.1, -0.05) is 0 Å². The normalized spacial score (nSPS) is 10.4. The Morgan fingerprint density at radius 1 is 1.05 bits per heavy atom. The predicted octanol–water partition coefficient (Wildman–Crippen LogP) is 3.00. The maximum Gasteiger partial charge on any atom is 0.204 e. The highest BCUT2D eigenvalue weighted by Gasteiger charge is 2.19. The number of hydrogen-bond donors (Lipinski definition) is 1. The molecule has 5 heteroatoms. The SMILES string of the molecule is CCNc1cc(C)nc2cc(OC)c(OC)c(OC)c12. The standard InChI is InChI=1S/C15H20N2O3/c1-6-16-10-7-9(2)17-11-8-12(18-3)14(19-4)15(20-5)13(10)11/h7-8H,6H2,1-5H3,(H,16,17). The molecule has 0 spiro atoms. The van der Waals surface area contributed by atoms with Gasteiger partial charge in [-0.25, -0.2) is 0 Å². The Bertz CT molecular complexity index is 626. The molecular formula is C15H20N2O3. The average Bonchev–Trinajstić information content (AvgIpc) is 2.44. The summed E-state index contributed by atoms with van der Waals surface area (Å²) in [6.07, 6.45) is 0. The van der Waals surface area contributed by atoms with Crippen molar-refractivity contribution in [1.82, 2.24) is 4.98 Å². The van der Waals surface area contributed by atoms with Crippen molar-refractivity contribution in [3.63, 3.8) is 0 Å². The first-order valence-corrected chi connectivity index (χ1v) is 6.50. The van der Waals surface area contributed by atoms with Gasteiger partial charge in [-0.2, -0.15) is 0 Å². The summed E-state index contributed by atoms with van der Waals surface area (Å²) < 4.78 is 16.3. The lowest BCUT2D eigenvalue weighted by Crippen LogP contribution is -2.02. The van der Waals surface area contributed by atoms with Crippen LogP contribution in [0, 0.1) is 6.92 Å².